The van der Waals surface area contributed by atoms with Gasteiger partial charge in [-0.3, -0.25) is 0 Å². The number of hydrogen-bond acceptors (Lipinski definition) is 4. The molecule has 0 bridgehead atoms. The first kappa shape index (κ1) is 16.1. The lowest BCUT2D eigenvalue weighted by molar-refractivity contribution is 0.340. The number of halogens is 1. The quantitative estimate of drug-likeness (QED) is 0.563. The molecule has 0 atom stereocenters. The fraction of sp³-hybridized carbons (Fsp3) is 0.118. The lowest BCUT2D eigenvalue weighted by Crippen LogP contribution is -1.98. The number of rotatable bonds is 5. The summed E-state index contributed by atoms with van der Waals surface area (Å²) < 4.78 is 20.8. The van der Waals surface area contributed by atoms with Gasteiger partial charge in [0.1, 0.15) is 11.6 Å². The Morgan fingerprint density at radius 2 is 2.12 bits per heavy atom. The van der Waals surface area contributed by atoms with Gasteiger partial charge in [0.05, 0.1) is 12.8 Å². The van der Waals surface area contributed by atoms with Gasteiger partial charge in [0, 0.05) is 11.1 Å². The molecule has 122 valence electrons. The SMILES string of the molecule is CCOc1ccccc1/C=N\n1c(-c2cccc(F)c2)n[nH]c1=S. The molecule has 0 saturated heterocycles. The second-order valence-electron chi connectivity index (χ2n) is 4.89. The Hall–Kier alpha value is -2.80. The van der Waals surface area contributed by atoms with Crippen molar-refractivity contribution in [2.75, 3.05) is 6.61 Å². The molecule has 3 rings (SSSR count). The summed E-state index contributed by atoms with van der Waals surface area (Å²) in [5.41, 5.74) is 1.39. The smallest absolute Gasteiger partial charge is 0.216 e. The van der Waals surface area contributed by atoms with Crippen molar-refractivity contribution in [3.8, 4) is 17.1 Å². The largest absolute Gasteiger partial charge is 0.493 e. The molecule has 0 aliphatic carbocycles. The minimum atomic E-state index is -0.348. The number of benzene rings is 2. The van der Waals surface area contributed by atoms with Gasteiger partial charge in [0.2, 0.25) is 4.77 Å². The summed E-state index contributed by atoms with van der Waals surface area (Å²) in [6.45, 7) is 2.48. The van der Waals surface area contributed by atoms with Crippen molar-refractivity contribution >= 4 is 18.4 Å². The van der Waals surface area contributed by atoms with E-state index < -0.39 is 0 Å². The molecule has 1 aromatic heterocycles. The number of aromatic nitrogens is 3. The highest BCUT2D eigenvalue weighted by Crippen LogP contribution is 2.19. The fourth-order valence-corrected chi connectivity index (χ4v) is 2.39. The Balaban J connectivity index is 2.00. The molecule has 0 spiro atoms. The van der Waals surface area contributed by atoms with Crippen molar-refractivity contribution in [3.05, 3.63) is 64.7 Å². The van der Waals surface area contributed by atoms with E-state index in [0.717, 1.165) is 11.3 Å². The lowest BCUT2D eigenvalue weighted by Gasteiger charge is -2.06. The van der Waals surface area contributed by atoms with Crippen LogP contribution in [0.5, 0.6) is 5.75 Å². The maximum Gasteiger partial charge on any atom is 0.216 e. The number of para-hydroxylation sites is 1. The van der Waals surface area contributed by atoms with Crippen LogP contribution in [0.2, 0.25) is 0 Å². The minimum Gasteiger partial charge on any atom is -0.493 e. The van der Waals surface area contributed by atoms with E-state index in [-0.39, 0.29) is 5.82 Å². The molecule has 0 amide bonds. The number of hydrogen-bond donors (Lipinski definition) is 1. The summed E-state index contributed by atoms with van der Waals surface area (Å²) in [6.07, 6.45) is 1.64. The third-order valence-electron chi connectivity index (χ3n) is 3.26. The summed E-state index contributed by atoms with van der Waals surface area (Å²) >= 11 is 5.21. The van der Waals surface area contributed by atoms with Gasteiger partial charge >= 0.3 is 0 Å². The highest BCUT2D eigenvalue weighted by Gasteiger charge is 2.09. The van der Waals surface area contributed by atoms with E-state index in [1.54, 1.807) is 18.3 Å². The molecular formula is C17H15FN4OS. The third kappa shape index (κ3) is 3.41. The third-order valence-corrected chi connectivity index (χ3v) is 3.53. The van der Waals surface area contributed by atoms with Gasteiger partial charge in [-0.1, -0.05) is 24.3 Å². The monoisotopic (exact) mass is 342 g/mol. The molecule has 2 aromatic carbocycles. The minimum absolute atomic E-state index is 0.319. The van der Waals surface area contributed by atoms with Crippen LogP contribution in [0.15, 0.2) is 53.6 Å². The molecular weight excluding hydrogens is 327 g/mol. The zero-order chi connectivity index (χ0) is 16.9. The van der Waals surface area contributed by atoms with Crippen molar-refractivity contribution < 1.29 is 9.13 Å². The molecule has 0 aliphatic heterocycles. The van der Waals surface area contributed by atoms with Gasteiger partial charge in [-0.15, -0.1) is 0 Å². The molecule has 3 aromatic rings. The molecule has 0 radical (unpaired) electrons. The Morgan fingerprint density at radius 3 is 2.92 bits per heavy atom. The van der Waals surface area contributed by atoms with Crippen molar-refractivity contribution in [1.29, 1.82) is 0 Å². The van der Waals surface area contributed by atoms with Gasteiger partial charge in [0.15, 0.2) is 5.82 Å². The van der Waals surface area contributed by atoms with Crippen LogP contribution in [0.4, 0.5) is 4.39 Å². The summed E-state index contributed by atoms with van der Waals surface area (Å²) in [7, 11) is 0. The Bertz CT molecular complexity index is 932. The number of aromatic amines is 1. The molecule has 24 heavy (non-hydrogen) atoms. The highest BCUT2D eigenvalue weighted by atomic mass is 32.1. The van der Waals surface area contributed by atoms with Crippen molar-refractivity contribution in [2.24, 2.45) is 5.10 Å². The summed E-state index contributed by atoms with van der Waals surface area (Å²) in [5.74, 6) is 0.814. The van der Waals surface area contributed by atoms with Gasteiger partial charge in [-0.05, 0) is 43.4 Å². The van der Waals surface area contributed by atoms with Crippen LogP contribution in [-0.4, -0.2) is 27.7 Å². The molecule has 0 saturated carbocycles. The van der Waals surface area contributed by atoms with Crippen LogP contribution in [0.3, 0.4) is 0 Å². The Labute approximate surface area is 143 Å². The number of ether oxygens (including phenoxy) is 1. The molecule has 1 N–H and O–H groups in total. The molecule has 0 fully saturated rings. The van der Waals surface area contributed by atoms with E-state index in [2.05, 4.69) is 15.3 Å². The topological polar surface area (TPSA) is 55.2 Å². The maximum absolute atomic E-state index is 13.5. The Morgan fingerprint density at radius 1 is 1.29 bits per heavy atom. The van der Waals surface area contributed by atoms with E-state index in [1.807, 2.05) is 31.2 Å². The fourth-order valence-electron chi connectivity index (χ4n) is 2.21. The average molecular weight is 342 g/mol. The predicted molar refractivity (Wildman–Crippen MR) is 93.4 cm³/mol. The Kier molecular flexibility index (Phi) is 4.81. The van der Waals surface area contributed by atoms with E-state index in [4.69, 9.17) is 17.0 Å². The molecule has 1 heterocycles. The first-order valence-corrected chi connectivity index (χ1v) is 7.79. The van der Waals surface area contributed by atoms with Gasteiger partial charge in [-0.2, -0.15) is 14.9 Å². The van der Waals surface area contributed by atoms with Crippen LogP contribution in [0.1, 0.15) is 12.5 Å². The van der Waals surface area contributed by atoms with Gasteiger partial charge in [0.25, 0.3) is 0 Å². The van der Waals surface area contributed by atoms with Crippen LogP contribution in [0.25, 0.3) is 11.4 Å². The van der Waals surface area contributed by atoms with E-state index in [9.17, 15) is 4.39 Å². The van der Waals surface area contributed by atoms with Crippen molar-refractivity contribution in [1.82, 2.24) is 14.9 Å². The average Bonchev–Trinajstić information content (AvgIpc) is 2.95. The number of nitrogens with one attached hydrogen (secondary N) is 1. The second kappa shape index (κ2) is 7.18. The van der Waals surface area contributed by atoms with Crippen LogP contribution in [0, 0.1) is 10.6 Å². The van der Waals surface area contributed by atoms with E-state index >= 15 is 0 Å². The van der Waals surface area contributed by atoms with Crippen molar-refractivity contribution in [3.63, 3.8) is 0 Å². The normalized spacial score (nSPS) is 11.1. The first-order valence-electron chi connectivity index (χ1n) is 7.38. The molecule has 7 heteroatoms. The standard InChI is InChI=1S/C17H15FN4OS/c1-2-23-15-9-4-3-6-13(15)11-19-22-16(20-21-17(22)24)12-7-5-8-14(18)10-12/h3-11H,2H2,1H3,(H,21,24)/b19-11-. The van der Waals surface area contributed by atoms with Crippen LogP contribution >= 0.6 is 12.2 Å². The summed E-state index contributed by atoms with van der Waals surface area (Å²) in [6, 6.07) is 13.7. The maximum atomic E-state index is 13.5. The summed E-state index contributed by atoms with van der Waals surface area (Å²) in [5, 5.41) is 11.2. The van der Waals surface area contributed by atoms with Crippen molar-refractivity contribution in [2.45, 2.75) is 6.92 Å². The van der Waals surface area contributed by atoms with Crippen LogP contribution < -0.4 is 4.74 Å². The molecule has 0 unspecified atom stereocenters. The second-order valence-corrected chi connectivity index (χ2v) is 5.28. The van der Waals surface area contributed by atoms with Gasteiger partial charge in [-0.25, -0.2) is 9.49 Å². The molecule has 5 nitrogen and oxygen atoms in total. The predicted octanol–water partition coefficient (Wildman–Crippen LogP) is 4.03. The van der Waals surface area contributed by atoms with E-state index in [0.29, 0.717) is 22.8 Å². The lowest BCUT2D eigenvalue weighted by atomic mass is 10.2. The number of nitrogens with zero attached hydrogens (tertiary/aromatic N) is 3. The summed E-state index contributed by atoms with van der Waals surface area (Å²) in [4.78, 5) is 0. The zero-order valence-corrected chi connectivity index (χ0v) is 13.8. The zero-order valence-electron chi connectivity index (χ0n) is 12.9. The molecule has 0 aliphatic rings. The van der Waals surface area contributed by atoms with Gasteiger partial charge < -0.3 is 4.74 Å². The number of H-pyrrole nitrogens is 1. The van der Waals surface area contributed by atoms with Crippen LogP contribution in [-0.2, 0) is 0 Å². The highest BCUT2D eigenvalue weighted by molar-refractivity contribution is 7.71. The first-order chi connectivity index (χ1) is 11.7. The van der Waals surface area contributed by atoms with E-state index in [1.165, 1.54) is 16.8 Å².